The average molecular weight is 499 g/mol. The van der Waals surface area contributed by atoms with Crippen molar-refractivity contribution in [1.29, 1.82) is 0 Å². The van der Waals surface area contributed by atoms with E-state index in [1.807, 2.05) is 6.07 Å². The minimum atomic E-state index is -0.358. The van der Waals surface area contributed by atoms with E-state index in [9.17, 15) is 5.11 Å². The van der Waals surface area contributed by atoms with Gasteiger partial charge in [0.1, 0.15) is 5.82 Å². The molecule has 35 heavy (non-hydrogen) atoms. The van der Waals surface area contributed by atoms with Crippen LogP contribution in [0.4, 0.5) is 15.8 Å². The maximum absolute atomic E-state index is 15.2. The number of nitrogens with zero attached hydrogens (tertiary/aromatic N) is 2. The zero-order valence-corrected chi connectivity index (χ0v) is 21.8. The van der Waals surface area contributed by atoms with Gasteiger partial charge in [-0.2, -0.15) is 0 Å². The Morgan fingerprint density at radius 2 is 1.86 bits per heavy atom. The van der Waals surface area contributed by atoms with Crippen LogP contribution in [0.3, 0.4) is 0 Å². The summed E-state index contributed by atoms with van der Waals surface area (Å²) < 4.78 is 20.7. The van der Waals surface area contributed by atoms with E-state index in [-0.39, 0.29) is 23.5 Å². The Hall–Kier alpha value is -2.34. The number of anilines is 2. The number of benzene rings is 2. The van der Waals surface area contributed by atoms with E-state index in [2.05, 4.69) is 55.5 Å². The number of rotatable bonds is 8. The maximum atomic E-state index is 15.2. The quantitative estimate of drug-likeness (QED) is 0.459. The van der Waals surface area contributed by atoms with E-state index in [1.54, 1.807) is 6.07 Å². The third-order valence-corrected chi connectivity index (χ3v) is 7.46. The predicted octanol–water partition coefficient (Wildman–Crippen LogP) is 6.37. The minimum absolute atomic E-state index is 0.0128. The molecule has 2 aliphatic heterocycles. The van der Waals surface area contributed by atoms with Crippen LogP contribution in [0.25, 0.3) is 5.57 Å². The van der Waals surface area contributed by atoms with Gasteiger partial charge < -0.3 is 19.6 Å². The standard InChI is InChI=1S/C29H36ClFN2O2/c1-5-7-24(18-34)33-17-19(3)20(4)26-14-22(21(6-2)15-28(26)33)12-23-13-25(16-27(30)29(23)31)32-8-10-35-11-9-32/h13-17,24,34H,4-12,18H2,1-3H3/t24-/m0/s1. The van der Waals surface area contributed by atoms with Gasteiger partial charge in [0.15, 0.2) is 0 Å². The summed E-state index contributed by atoms with van der Waals surface area (Å²) in [6, 6.07) is 8.02. The number of hydrogen-bond acceptors (Lipinski definition) is 4. The summed E-state index contributed by atoms with van der Waals surface area (Å²) in [5.41, 5.74) is 7.92. The van der Waals surface area contributed by atoms with Crippen molar-refractivity contribution in [3.63, 3.8) is 0 Å². The molecule has 1 N–H and O–H groups in total. The van der Waals surface area contributed by atoms with E-state index >= 15 is 4.39 Å². The molecular weight excluding hydrogens is 463 g/mol. The number of allylic oxidation sites excluding steroid dienone is 2. The van der Waals surface area contributed by atoms with Crippen LogP contribution in [0.15, 0.2) is 42.6 Å². The van der Waals surface area contributed by atoms with Gasteiger partial charge in [0.25, 0.3) is 0 Å². The second kappa shape index (κ2) is 11.2. The largest absolute Gasteiger partial charge is 0.394 e. The molecule has 4 rings (SSSR count). The lowest BCUT2D eigenvalue weighted by Crippen LogP contribution is -2.36. The number of morpholine rings is 1. The summed E-state index contributed by atoms with van der Waals surface area (Å²) in [6.45, 7) is 13.6. The highest BCUT2D eigenvalue weighted by molar-refractivity contribution is 6.31. The Kier molecular flexibility index (Phi) is 8.20. The lowest BCUT2D eigenvalue weighted by Gasteiger charge is -2.36. The first-order valence-electron chi connectivity index (χ1n) is 12.6. The third kappa shape index (κ3) is 5.28. The number of ether oxygens (including phenoxy) is 1. The van der Waals surface area contributed by atoms with E-state index in [0.29, 0.717) is 25.2 Å². The van der Waals surface area contributed by atoms with Crippen molar-refractivity contribution in [3.8, 4) is 0 Å². The molecule has 0 spiro atoms. The first-order chi connectivity index (χ1) is 16.9. The van der Waals surface area contributed by atoms with E-state index in [1.165, 1.54) is 0 Å². The molecule has 2 heterocycles. The Labute approximate surface area is 213 Å². The second-order valence-electron chi connectivity index (χ2n) is 9.49. The molecule has 0 aliphatic carbocycles. The number of hydrogen-bond donors (Lipinski definition) is 1. The van der Waals surface area contributed by atoms with Crippen molar-refractivity contribution in [1.82, 2.24) is 0 Å². The predicted molar refractivity (Wildman–Crippen MR) is 144 cm³/mol. The Morgan fingerprint density at radius 3 is 2.51 bits per heavy atom. The maximum Gasteiger partial charge on any atom is 0.145 e. The number of aliphatic hydroxyl groups excluding tert-OH is 1. The molecule has 2 aromatic rings. The Balaban J connectivity index is 1.75. The molecule has 1 fully saturated rings. The third-order valence-electron chi connectivity index (χ3n) is 7.18. The van der Waals surface area contributed by atoms with E-state index in [0.717, 1.165) is 71.6 Å². The van der Waals surface area contributed by atoms with Crippen LogP contribution in [0.2, 0.25) is 5.02 Å². The van der Waals surface area contributed by atoms with Crippen molar-refractivity contribution in [2.24, 2.45) is 0 Å². The zero-order chi connectivity index (χ0) is 25.1. The van der Waals surface area contributed by atoms with Crippen LogP contribution in [0.1, 0.15) is 55.9 Å². The molecule has 0 radical (unpaired) electrons. The van der Waals surface area contributed by atoms with Crippen molar-refractivity contribution in [2.45, 2.75) is 52.5 Å². The molecule has 188 valence electrons. The summed E-state index contributed by atoms with van der Waals surface area (Å²) >= 11 is 6.35. The van der Waals surface area contributed by atoms with Gasteiger partial charge in [0, 0.05) is 42.6 Å². The average Bonchev–Trinajstić information content (AvgIpc) is 2.87. The SMILES string of the molecule is C=C1C(C)=CN([C@H](CO)CCC)c2cc(CC)c(Cc3cc(N4CCOCC4)cc(Cl)c3F)cc21. The second-order valence-corrected chi connectivity index (χ2v) is 9.90. The highest BCUT2D eigenvalue weighted by atomic mass is 35.5. The molecule has 1 saturated heterocycles. The fourth-order valence-corrected chi connectivity index (χ4v) is 5.35. The highest BCUT2D eigenvalue weighted by Gasteiger charge is 2.26. The van der Waals surface area contributed by atoms with Gasteiger partial charge in [0.2, 0.25) is 0 Å². The molecule has 0 saturated carbocycles. The molecule has 4 nitrogen and oxygen atoms in total. The van der Waals surface area contributed by atoms with Crippen molar-refractivity contribution in [3.05, 3.63) is 75.7 Å². The van der Waals surface area contributed by atoms with Crippen LogP contribution in [0, 0.1) is 5.82 Å². The van der Waals surface area contributed by atoms with Crippen LogP contribution < -0.4 is 9.80 Å². The number of aryl methyl sites for hydroxylation is 1. The van der Waals surface area contributed by atoms with Crippen LogP contribution in [-0.2, 0) is 17.6 Å². The molecule has 0 aromatic heterocycles. The first-order valence-corrected chi connectivity index (χ1v) is 13.0. The molecule has 1 atom stereocenters. The van der Waals surface area contributed by atoms with Gasteiger partial charge >= 0.3 is 0 Å². The summed E-state index contributed by atoms with van der Waals surface area (Å²) in [5, 5.41) is 10.2. The zero-order valence-electron chi connectivity index (χ0n) is 21.0. The minimum Gasteiger partial charge on any atom is -0.394 e. The van der Waals surface area contributed by atoms with Crippen LogP contribution in [-0.4, -0.2) is 44.1 Å². The Bertz CT molecular complexity index is 1120. The number of aliphatic hydroxyl groups is 1. The lowest BCUT2D eigenvalue weighted by atomic mass is 9.88. The topological polar surface area (TPSA) is 35.9 Å². The van der Waals surface area contributed by atoms with Crippen LogP contribution in [0.5, 0.6) is 0 Å². The van der Waals surface area contributed by atoms with Crippen LogP contribution >= 0.6 is 11.6 Å². The fourth-order valence-electron chi connectivity index (χ4n) is 5.12. The van der Waals surface area contributed by atoms with E-state index in [4.69, 9.17) is 16.3 Å². The van der Waals surface area contributed by atoms with Crippen molar-refractivity contribution in [2.75, 3.05) is 42.7 Å². The first kappa shape index (κ1) is 25.7. The van der Waals surface area contributed by atoms with Gasteiger partial charge in [-0.25, -0.2) is 4.39 Å². The molecule has 2 aromatic carbocycles. The normalized spacial score (nSPS) is 16.9. The molecular formula is C29H36ClFN2O2. The van der Waals surface area contributed by atoms with Gasteiger partial charge in [-0.05, 0) is 71.9 Å². The molecule has 6 heteroatoms. The monoisotopic (exact) mass is 498 g/mol. The van der Waals surface area contributed by atoms with Crippen molar-refractivity contribution < 1.29 is 14.2 Å². The van der Waals surface area contributed by atoms with Gasteiger partial charge in [-0.15, -0.1) is 0 Å². The summed E-state index contributed by atoms with van der Waals surface area (Å²) in [5.74, 6) is -0.358. The van der Waals surface area contributed by atoms with Gasteiger partial charge in [-0.3, -0.25) is 0 Å². The molecule has 0 amide bonds. The molecule has 2 aliphatic rings. The van der Waals surface area contributed by atoms with E-state index < -0.39 is 0 Å². The number of fused-ring (bicyclic) bond motifs is 1. The van der Waals surface area contributed by atoms with Gasteiger partial charge in [0.05, 0.1) is 30.9 Å². The van der Waals surface area contributed by atoms with Gasteiger partial charge in [-0.1, -0.05) is 38.4 Å². The molecule has 0 bridgehead atoms. The summed E-state index contributed by atoms with van der Waals surface area (Å²) in [7, 11) is 0. The lowest BCUT2D eigenvalue weighted by molar-refractivity contribution is 0.122. The smallest absolute Gasteiger partial charge is 0.145 e. The summed E-state index contributed by atoms with van der Waals surface area (Å²) in [4.78, 5) is 4.39. The number of halogens is 2. The fraction of sp³-hybridized carbons (Fsp3) is 0.448. The summed E-state index contributed by atoms with van der Waals surface area (Å²) in [6.07, 6.45) is 5.26. The molecule has 0 unspecified atom stereocenters. The highest BCUT2D eigenvalue weighted by Crippen LogP contribution is 2.40. The Morgan fingerprint density at radius 1 is 1.11 bits per heavy atom. The van der Waals surface area contributed by atoms with Crippen molar-refractivity contribution >= 4 is 28.5 Å².